The zero-order valence-corrected chi connectivity index (χ0v) is 9.53. The van der Waals surface area contributed by atoms with Crippen LogP contribution in [0.25, 0.3) is 0 Å². The van der Waals surface area contributed by atoms with E-state index in [9.17, 15) is 0 Å². The minimum Gasteiger partial charge on any atom is -0.398 e. The lowest BCUT2D eigenvalue weighted by atomic mass is 9.88. The van der Waals surface area contributed by atoms with Gasteiger partial charge in [-0.05, 0) is 36.5 Å². The summed E-state index contributed by atoms with van der Waals surface area (Å²) in [6, 6.07) is 6.44. The Kier molecular flexibility index (Phi) is 5.27. The monoisotopic (exact) mass is 234 g/mol. The van der Waals surface area contributed by atoms with E-state index < -0.39 is 0 Å². The zero-order chi connectivity index (χ0) is 8.55. The molecule has 1 atom stereocenters. The smallest absolute Gasteiger partial charge is 0.0349 e. The third-order valence-electron chi connectivity index (χ3n) is 2.56. The molecule has 0 aromatic heterocycles. The van der Waals surface area contributed by atoms with Crippen LogP contribution in [0.15, 0.2) is 18.2 Å². The maximum Gasteiger partial charge on any atom is 0.0349 e. The number of fused-ring (bicyclic) bond motifs is 1. The molecule has 1 aromatic rings. The van der Waals surface area contributed by atoms with Crippen LogP contribution in [-0.4, -0.2) is 6.04 Å². The van der Waals surface area contributed by atoms with Crippen molar-refractivity contribution in [2.75, 3.05) is 5.73 Å². The molecule has 4 heteroatoms. The number of halogens is 2. The van der Waals surface area contributed by atoms with Crippen LogP contribution < -0.4 is 11.5 Å². The van der Waals surface area contributed by atoms with Crippen molar-refractivity contribution >= 4 is 30.5 Å². The molecule has 0 saturated carbocycles. The van der Waals surface area contributed by atoms with E-state index in [1.165, 1.54) is 11.1 Å². The molecule has 2 nitrogen and oxygen atoms in total. The average molecular weight is 235 g/mol. The molecule has 0 aliphatic heterocycles. The van der Waals surface area contributed by atoms with E-state index in [4.69, 9.17) is 11.5 Å². The SMILES string of the molecule is Cl.Cl.Nc1cccc2c1CC[C@@H](N)C2. The fourth-order valence-corrected chi connectivity index (χ4v) is 1.86. The van der Waals surface area contributed by atoms with Gasteiger partial charge in [-0.15, -0.1) is 24.8 Å². The van der Waals surface area contributed by atoms with Gasteiger partial charge in [0, 0.05) is 11.7 Å². The van der Waals surface area contributed by atoms with Crippen LogP contribution in [0.5, 0.6) is 0 Å². The third kappa shape index (κ3) is 2.53. The first kappa shape index (κ1) is 13.6. The van der Waals surface area contributed by atoms with Crippen molar-refractivity contribution in [3.8, 4) is 0 Å². The maximum atomic E-state index is 5.86. The number of benzene rings is 1. The Hall–Kier alpha value is -0.440. The van der Waals surface area contributed by atoms with Gasteiger partial charge in [-0.1, -0.05) is 12.1 Å². The Morgan fingerprint density at radius 1 is 1.21 bits per heavy atom. The molecule has 0 saturated heterocycles. The summed E-state index contributed by atoms with van der Waals surface area (Å²) in [5.41, 5.74) is 15.3. The molecule has 4 N–H and O–H groups in total. The predicted molar refractivity (Wildman–Crippen MR) is 65.4 cm³/mol. The first-order valence-corrected chi connectivity index (χ1v) is 4.39. The molecule has 1 aromatic carbocycles. The van der Waals surface area contributed by atoms with Crippen LogP contribution in [0, 0.1) is 0 Å². The van der Waals surface area contributed by atoms with Crippen molar-refractivity contribution in [2.45, 2.75) is 25.3 Å². The standard InChI is InChI=1S/C10H14N2.2ClH/c11-8-4-5-9-7(6-8)2-1-3-10(9)12;;/h1-3,8H,4-6,11-12H2;2*1H/t8-;;/m1../s1. The highest BCUT2D eigenvalue weighted by Gasteiger charge is 2.16. The van der Waals surface area contributed by atoms with E-state index >= 15 is 0 Å². The van der Waals surface area contributed by atoms with Gasteiger partial charge in [0.2, 0.25) is 0 Å². The van der Waals surface area contributed by atoms with Gasteiger partial charge in [0.1, 0.15) is 0 Å². The van der Waals surface area contributed by atoms with Gasteiger partial charge < -0.3 is 11.5 Å². The molecular weight excluding hydrogens is 219 g/mol. The summed E-state index contributed by atoms with van der Waals surface area (Å²) in [7, 11) is 0. The largest absolute Gasteiger partial charge is 0.398 e. The van der Waals surface area contributed by atoms with Crippen molar-refractivity contribution in [1.82, 2.24) is 0 Å². The Balaban J connectivity index is 0.000000845. The number of nitrogens with two attached hydrogens (primary N) is 2. The topological polar surface area (TPSA) is 52.0 Å². The lowest BCUT2D eigenvalue weighted by molar-refractivity contribution is 0.577. The van der Waals surface area contributed by atoms with E-state index in [1.807, 2.05) is 12.1 Å². The summed E-state index contributed by atoms with van der Waals surface area (Å²) in [4.78, 5) is 0. The lowest BCUT2D eigenvalue weighted by Gasteiger charge is -2.22. The summed E-state index contributed by atoms with van der Waals surface area (Å²) in [5.74, 6) is 0. The van der Waals surface area contributed by atoms with Crippen LogP contribution in [0.2, 0.25) is 0 Å². The molecule has 2 rings (SSSR count). The Morgan fingerprint density at radius 2 is 1.93 bits per heavy atom. The minimum atomic E-state index is 0. The molecule has 0 radical (unpaired) electrons. The van der Waals surface area contributed by atoms with Crippen molar-refractivity contribution < 1.29 is 0 Å². The minimum absolute atomic E-state index is 0. The number of nitrogen functional groups attached to an aromatic ring is 1. The van der Waals surface area contributed by atoms with Crippen molar-refractivity contribution in [1.29, 1.82) is 0 Å². The summed E-state index contributed by atoms with van der Waals surface area (Å²) in [5, 5.41) is 0. The molecule has 0 amide bonds. The first-order chi connectivity index (χ1) is 5.77. The highest BCUT2D eigenvalue weighted by Crippen LogP contribution is 2.25. The van der Waals surface area contributed by atoms with Crippen LogP contribution in [0.3, 0.4) is 0 Å². The van der Waals surface area contributed by atoms with Crippen molar-refractivity contribution in [3.05, 3.63) is 29.3 Å². The van der Waals surface area contributed by atoms with E-state index in [-0.39, 0.29) is 24.8 Å². The molecule has 0 unspecified atom stereocenters. The number of rotatable bonds is 0. The molecule has 1 aliphatic carbocycles. The molecule has 80 valence electrons. The van der Waals surface area contributed by atoms with Crippen molar-refractivity contribution in [3.63, 3.8) is 0 Å². The van der Waals surface area contributed by atoms with Crippen molar-refractivity contribution in [2.24, 2.45) is 5.73 Å². The molecule has 0 fully saturated rings. The van der Waals surface area contributed by atoms with Gasteiger partial charge >= 0.3 is 0 Å². The Bertz CT molecular complexity index is 302. The summed E-state index contributed by atoms with van der Waals surface area (Å²) >= 11 is 0. The average Bonchev–Trinajstić information content (AvgIpc) is 2.04. The number of anilines is 1. The van der Waals surface area contributed by atoms with Gasteiger partial charge in [-0.3, -0.25) is 0 Å². The second-order valence-electron chi connectivity index (χ2n) is 3.49. The normalized spacial score (nSPS) is 18.8. The van der Waals surface area contributed by atoms with Gasteiger partial charge in [0.15, 0.2) is 0 Å². The summed E-state index contributed by atoms with van der Waals surface area (Å²) in [6.45, 7) is 0. The van der Waals surface area contributed by atoms with Gasteiger partial charge in [-0.2, -0.15) is 0 Å². The second kappa shape index (κ2) is 5.44. The third-order valence-corrected chi connectivity index (χ3v) is 2.56. The second-order valence-corrected chi connectivity index (χ2v) is 3.49. The summed E-state index contributed by atoms with van der Waals surface area (Å²) < 4.78 is 0. The molecular formula is C10H16Cl2N2. The van der Waals surface area contributed by atoms with E-state index in [0.29, 0.717) is 6.04 Å². The molecule has 0 spiro atoms. The van der Waals surface area contributed by atoms with Crippen LogP contribution >= 0.6 is 24.8 Å². The fourth-order valence-electron chi connectivity index (χ4n) is 1.86. The van der Waals surface area contributed by atoms with Crippen LogP contribution in [0.1, 0.15) is 17.5 Å². The van der Waals surface area contributed by atoms with E-state index in [2.05, 4.69) is 6.07 Å². The molecule has 0 heterocycles. The van der Waals surface area contributed by atoms with Crippen LogP contribution in [-0.2, 0) is 12.8 Å². The highest BCUT2D eigenvalue weighted by atomic mass is 35.5. The van der Waals surface area contributed by atoms with Gasteiger partial charge in [-0.25, -0.2) is 0 Å². The first-order valence-electron chi connectivity index (χ1n) is 4.39. The van der Waals surface area contributed by atoms with E-state index in [1.54, 1.807) is 0 Å². The highest BCUT2D eigenvalue weighted by molar-refractivity contribution is 5.85. The molecule has 0 bridgehead atoms. The van der Waals surface area contributed by atoms with Gasteiger partial charge in [0.25, 0.3) is 0 Å². The maximum absolute atomic E-state index is 5.86. The Morgan fingerprint density at radius 3 is 2.64 bits per heavy atom. The lowest BCUT2D eigenvalue weighted by Crippen LogP contribution is -2.28. The quantitative estimate of drug-likeness (QED) is 0.675. The summed E-state index contributed by atoms with van der Waals surface area (Å²) in [6.07, 6.45) is 3.10. The van der Waals surface area contributed by atoms with Gasteiger partial charge in [0.05, 0.1) is 0 Å². The van der Waals surface area contributed by atoms with E-state index in [0.717, 1.165) is 24.9 Å². The fraction of sp³-hybridized carbons (Fsp3) is 0.400. The Labute approximate surface area is 96.9 Å². The zero-order valence-electron chi connectivity index (χ0n) is 7.90. The molecule has 14 heavy (non-hydrogen) atoms. The molecule has 1 aliphatic rings. The number of hydrogen-bond donors (Lipinski definition) is 2. The predicted octanol–water partition coefficient (Wildman–Crippen LogP) is 1.93. The number of hydrogen-bond acceptors (Lipinski definition) is 2. The van der Waals surface area contributed by atoms with Crippen LogP contribution in [0.4, 0.5) is 5.69 Å².